The second-order valence-corrected chi connectivity index (χ2v) is 9.42. The average molecular weight is 487 g/mol. The number of rotatable bonds is 9. The highest BCUT2D eigenvalue weighted by Crippen LogP contribution is 2.33. The van der Waals surface area contributed by atoms with Crippen LogP contribution in [-0.4, -0.2) is 56.8 Å². The average Bonchev–Trinajstić information content (AvgIpc) is 3.43. The van der Waals surface area contributed by atoms with Gasteiger partial charge in [0, 0.05) is 24.4 Å². The maximum absolute atomic E-state index is 11.4. The van der Waals surface area contributed by atoms with Crippen molar-refractivity contribution in [3.63, 3.8) is 0 Å². The molecule has 0 unspecified atom stereocenters. The Morgan fingerprint density at radius 3 is 2.56 bits per heavy atom. The normalized spacial score (nSPS) is 16.6. The van der Waals surface area contributed by atoms with E-state index in [0.29, 0.717) is 36.3 Å². The van der Waals surface area contributed by atoms with Crippen molar-refractivity contribution in [2.75, 3.05) is 20.3 Å². The molecule has 0 amide bonds. The van der Waals surface area contributed by atoms with Gasteiger partial charge in [-0.05, 0) is 50.2 Å². The number of nitrogens with one attached hydrogen (secondary N) is 1. The zero-order valence-corrected chi connectivity index (χ0v) is 19.8. The van der Waals surface area contributed by atoms with Crippen molar-refractivity contribution in [2.24, 2.45) is 10.1 Å². The molecule has 2 aromatic heterocycles. The number of H-pyrrole nitrogens is 1. The fourth-order valence-corrected chi connectivity index (χ4v) is 3.86. The lowest BCUT2D eigenvalue weighted by Crippen LogP contribution is -2.17. The Bertz CT molecular complexity index is 1290. The van der Waals surface area contributed by atoms with E-state index >= 15 is 0 Å². The Kier molecular flexibility index (Phi) is 6.87. The number of pyridine rings is 1. The molecule has 0 bridgehead atoms. The van der Waals surface area contributed by atoms with Crippen molar-refractivity contribution < 1.29 is 27.4 Å². The quantitative estimate of drug-likeness (QED) is 0.474. The molecule has 0 aliphatic carbocycles. The highest BCUT2D eigenvalue weighted by atomic mass is 32.2. The SMILES string of the molecule is COC[C@H](C)Oc1cc(Oc2ccc(S(N)(=O)=O)nc2)cc(-c2ccc(C3=NC[C@H](C)O3)[nH]2)c1. The Morgan fingerprint density at radius 2 is 1.91 bits per heavy atom. The molecule has 3 N–H and O–H groups in total. The van der Waals surface area contributed by atoms with Crippen molar-refractivity contribution in [3.05, 3.63) is 54.4 Å². The van der Waals surface area contributed by atoms with Gasteiger partial charge in [-0.15, -0.1) is 0 Å². The number of benzene rings is 1. The Hall–Kier alpha value is -3.41. The van der Waals surface area contributed by atoms with Crippen LogP contribution in [0.1, 0.15) is 19.5 Å². The first-order valence-corrected chi connectivity index (χ1v) is 12.1. The number of nitrogens with two attached hydrogens (primary N) is 1. The molecule has 10 nitrogen and oxygen atoms in total. The third-order valence-electron chi connectivity index (χ3n) is 4.89. The molecular weight excluding hydrogens is 460 g/mol. The molecule has 180 valence electrons. The van der Waals surface area contributed by atoms with E-state index in [1.165, 1.54) is 18.3 Å². The Morgan fingerprint density at radius 1 is 1.15 bits per heavy atom. The summed E-state index contributed by atoms with van der Waals surface area (Å²) in [6, 6.07) is 12.1. The van der Waals surface area contributed by atoms with Crippen molar-refractivity contribution in [1.29, 1.82) is 0 Å². The highest BCUT2D eigenvalue weighted by molar-refractivity contribution is 7.89. The maximum atomic E-state index is 11.4. The van der Waals surface area contributed by atoms with Gasteiger partial charge in [0.25, 0.3) is 10.0 Å². The van der Waals surface area contributed by atoms with Gasteiger partial charge in [-0.3, -0.25) is 0 Å². The monoisotopic (exact) mass is 486 g/mol. The van der Waals surface area contributed by atoms with Crippen LogP contribution in [0.3, 0.4) is 0 Å². The Labute approximate surface area is 197 Å². The summed E-state index contributed by atoms with van der Waals surface area (Å²) in [7, 11) is -2.28. The van der Waals surface area contributed by atoms with Gasteiger partial charge in [-0.2, -0.15) is 0 Å². The third-order valence-corrected chi connectivity index (χ3v) is 5.71. The summed E-state index contributed by atoms with van der Waals surface area (Å²) in [4.78, 5) is 11.6. The molecule has 0 saturated carbocycles. The van der Waals surface area contributed by atoms with Crippen molar-refractivity contribution in [3.8, 4) is 28.5 Å². The van der Waals surface area contributed by atoms with E-state index in [2.05, 4.69) is 15.0 Å². The largest absolute Gasteiger partial charge is 0.488 e. The van der Waals surface area contributed by atoms with Gasteiger partial charge >= 0.3 is 0 Å². The summed E-state index contributed by atoms with van der Waals surface area (Å²) in [6.45, 7) is 4.91. The number of aliphatic imine (C=N–C) groups is 1. The van der Waals surface area contributed by atoms with E-state index in [9.17, 15) is 8.42 Å². The van der Waals surface area contributed by atoms with Gasteiger partial charge in [0.05, 0.1) is 19.3 Å². The number of aromatic nitrogens is 2. The minimum atomic E-state index is -3.89. The first kappa shape index (κ1) is 23.7. The van der Waals surface area contributed by atoms with Crippen molar-refractivity contribution in [1.82, 2.24) is 9.97 Å². The predicted molar refractivity (Wildman–Crippen MR) is 126 cm³/mol. The second-order valence-electron chi connectivity index (χ2n) is 7.92. The molecule has 4 rings (SSSR count). The van der Waals surface area contributed by atoms with Crippen LogP contribution in [0, 0.1) is 0 Å². The molecule has 34 heavy (non-hydrogen) atoms. The molecule has 1 aliphatic heterocycles. The molecule has 0 fully saturated rings. The van der Waals surface area contributed by atoms with Crippen molar-refractivity contribution in [2.45, 2.75) is 31.1 Å². The van der Waals surface area contributed by atoms with E-state index in [1.807, 2.05) is 38.1 Å². The van der Waals surface area contributed by atoms with Crippen LogP contribution in [0.25, 0.3) is 11.3 Å². The predicted octanol–water partition coefficient (Wildman–Crippen LogP) is 3.10. The summed E-state index contributed by atoms with van der Waals surface area (Å²) in [5, 5.41) is 4.87. The summed E-state index contributed by atoms with van der Waals surface area (Å²) in [6.07, 6.45) is 1.16. The summed E-state index contributed by atoms with van der Waals surface area (Å²) >= 11 is 0. The van der Waals surface area contributed by atoms with Gasteiger partial charge in [0.1, 0.15) is 35.2 Å². The first-order chi connectivity index (χ1) is 16.2. The third kappa shape index (κ3) is 5.74. The van der Waals surface area contributed by atoms with E-state index in [-0.39, 0.29) is 17.2 Å². The van der Waals surface area contributed by atoms with Gasteiger partial charge in [-0.25, -0.2) is 23.5 Å². The maximum Gasteiger partial charge on any atom is 0.255 e. The minimum Gasteiger partial charge on any atom is -0.488 e. The van der Waals surface area contributed by atoms with Gasteiger partial charge in [0.2, 0.25) is 5.90 Å². The topological polar surface area (TPSA) is 138 Å². The number of primary sulfonamides is 1. The number of sulfonamides is 1. The van der Waals surface area contributed by atoms with Crippen LogP contribution in [0.15, 0.2) is 58.7 Å². The lowest BCUT2D eigenvalue weighted by atomic mass is 10.1. The molecule has 0 saturated heterocycles. The lowest BCUT2D eigenvalue weighted by molar-refractivity contribution is 0.0920. The fraction of sp³-hybridized carbons (Fsp3) is 0.304. The number of hydrogen-bond acceptors (Lipinski definition) is 8. The van der Waals surface area contributed by atoms with Crippen LogP contribution in [-0.2, 0) is 19.5 Å². The molecule has 1 aromatic carbocycles. The molecule has 2 atom stereocenters. The smallest absolute Gasteiger partial charge is 0.255 e. The lowest BCUT2D eigenvalue weighted by Gasteiger charge is -2.16. The molecule has 0 spiro atoms. The van der Waals surface area contributed by atoms with Crippen LogP contribution >= 0.6 is 0 Å². The van der Waals surface area contributed by atoms with E-state index in [0.717, 1.165) is 17.0 Å². The molecule has 11 heteroatoms. The van der Waals surface area contributed by atoms with Crippen LogP contribution in [0.5, 0.6) is 17.2 Å². The van der Waals surface area contributed by atoms with Crippen LogP contribution in [0.4, 0.5) is 0 Å². The number of aromatic amines is 1. The van der Waals surface area contributed by atoms with Gasteiger partial charge in [0.15, 0.2) is 5.03 Å². The molecule has 3 aromatic rings. The van der Waals surface area contributed by atoms with E-state index < -0.39 is 10.0 Å². The standard InChI is InChI=1S/C23H26N4O6S/c1-14-11-26-23(32-14)21-6-5-20(27-21)16-8-18(31-15(2)13-30-3)10-19(9-16)33-17-4-7-22(25-12-17)34(24,28)29/h4-10,12,14-15,27H,11,13H2,1-3H3,(H2,24,28,29)/t14-,15-/m0/s1. The summed E-state index contributed by atoms with van der Waals surface area (Å²) in [5.41, 5.74) is 2.41. The zero-order chi connectivity index (χ0) is 24.3. The first-order valence-electron chi connectivity index (χ1n) is 10.6. The van der Waals surface area contributed by atoms with E-state index in [1.54, 1.807) is 13.2 Å². The number of nitrogens with zero attached hydrogens (tertiary/aromatic N) is 2. The summed E-state index contributed by atoms with van der Waals surface area (Å²) in [5.74, 6) is 1.97. The van der Waals surface area contributed by atoms with Crippen LogP contribution in [0.2, 0.25) is 0 Å². The number of hydrogen-bond donors (Lipinski definition) is 2. The molecule has 1 aliphatic rings. The summed E-state index contributed by atoms with van der Waals surface area (Å²) < 4.78 is 45.7. The Balaban J connectivity index is 1.64. The highest BCUT2D eigenvalue weighted by Gasteiger charge is 2.19. The fourth-order valence-electron chi connectivity index (χ4n) is 3.40. The molecule has 3 heterocycles. The van der Waals surface area contributed by atoms with E-state index in [4.69, 9.17) is 24.1 Å². The molecular formula is C23H26N4O6S. The second kappa shape index (κ2) is 9.84. The zero-order valence-electron chi connectivity index (χ0n) is 19.0. The molecule has 0 radical (unpaired) electrons. The van der Waals surface area contributed by atoms with Gasteiger partial charge < -0.3 is 23.9 Å². The van der Waals surface area contributed by atoms with Crippen molar-refractivity contribution >= 4 is 15.9 Å². The number of ether oxygens (including phenoxy) is 4. The minimum absolute atomic E-state index is 0.0509. The van der Waals surface area contributed by atoms with Crippen LogP contribution < -0.4 is 14.6 Å². The van der Waals surface area contributed by atoms with Gasteiger partial charge in [-0.1, -0.05) is 0 Å². The number of methoxy groups -OCH3 is 1.